The van der Waals surface area contributed by atoms with E-state index in [-0.39, 0.29) is 6.61 Å². The molecule has 0 saturated carbocycles. The molecule has 2 aliphatic heterocycles. The van der Waals surface area contributed by atoms with Crippen LogP contribution < -0.4 is 5.32 Å². The third-order valence-electron chi connectivity index (χ3n) is 5.13. The van der Waals surface area contributed by atoms with Crippen molar-refractivity contribution >= 4 is 64.1 Å². The van der Waals surface area contributed by atoms with Crippen LogP contribution in [0.25, 0.3) is 0 Å². The number of nitrogens with zero attached hydrogens (tertiary/aromatic N) is 1. The lowest BCUT2D eigenvalue weighted by molar-refractivity contribution is -0.181. The van der Waals surface area contributed by atoms with Crippen LogP contribution in [-0.4, -0.2) is 62.1 Å². The standard InChI is InChI=1S/C19H21BrN2O6S2/c1-4-28-17(27)19(21-13(23)11(29)9-5-7-10(20)8-6-9)15(26)22-12(14(24)25)18(2,3)30-16(19)22/h5-8,11-12,16,29H,4H2,1-3H3,(H,21,23)(H,24,25)/t11?,12-,16+,19?/m0/s1. The van der Waals surface area contributed by atoms with Crippen molar-refractivity contribution in [2.24, 2.45) is 0 Å². The maximum atomic E-state index is 13.1. The number of nitrogens with one attached hydrogen (secondary N) is 1. The second kappa shape index (κ2) is 8.08. The fourth-order valence-corrected chi connectivity index (χ4v) is 5.90. The average molecular weight is 517 g/mol. The molecule has 4 atom stereocenters. The summed E-state index contributed by atoms with van der Waals surface area (Å²) in [4.78, 5) is 51.8. The number of β-lactam (4-membered cyclic amide) rings is 1. The Morgan fingerprint density at radius 1 is 1.33 bits per heavy atom. The van der Waals surface area contributed by atoms with Gasteiger partial charge in [0.05, 0.1) is 6.61 Å². The SMILES string of the molecule is CCOC(=O)C1(NC(=O)C(S)c2ccc(Br)cc2)C(=O)N2[C@@H](C(=O)O)C(C)(C)S[C@@H]21. The van der Waals surface area contributed by atoms with E-state index in [2.05, 4.69) is 33.9 Å². The van der Waals surface area contributed by atoms with Gasteiger partial charge in [-0.05, 0) is 38.5 Å². The normalized spacial score (nSPS) is 27.6. The molecule has 162 valence electrons. The van der Waals surface area contributed by atoms with Gasteiger partial charge in [0.1, 0.15) is 16.7 Å². The molecule has 0 aliphatic carbocycles. The molecule has 0 bridgehead atoms. The van der Waals surface area contributed by atoms with Crippen LogP contribution in [0.5, 0.6) is 0 Å². The quantitative estimate of drug-likeness (QED) is 0.229. The van der Waals surface area contributed by atoms with Crippen LogP contribution in [0.15, 0.2) is 28.7 Å². The predicted molar refractivity (Wildman–Crippen MR) is 117 cm³/mol. The van der Waals surface area contributed by atoms with Gasteiger partial charge < -0.3 is 20.1 Å². The van der Waals surface area contributed by atoms with Gasteiger partial charge in [-0.2, -0.15) is 12.6 Å². The van der Waals surface area contributed by atoms with E-state index in [0.29, 0.717) is 5.56 Å². The number of rotatable bonds is 6. The van der Waals surface area contributed by atoms with Crippen molar-refractivity contribution in [3.63, 3.8) is 0 Å². The lowest BCUT2D eigenvalue weighted by Crippen LogP contribution is -2.83. The van der Waals surface area contributed by atoms with Crippen molar-refractivity contribution < 1.29 is 29.0 Å². The van der Waals surface area contributed by atoms with Crippen molar-refractivity contribution in [2.75, 3.05) is 6.61 Å². The Kier molecular flexibility index (Phi) is 6.18. The van der Waals surface area contributed by atoms with E-state index >= 15 is 0 Å². The molecule has 0 spiro atoms. The third kappa shape index (κ3) is 3.50. The molecule has 11 heteroatoms. The Balaban J connectivity index is 1.94. The van der Waals surface area contributed by atoms with Gasteiger partial charge in [-0.25, -0.2) is 9.59 Å². The molecular weight excluding hydrogens is 496 g/mol. The third-order valence-corrected chi connectivity index (χ3v) is 7.83. The van der Waals surface area contributed by atoms with Gasteiger partial charge in [-0.1, -0.05) is 28.1 Å². The molecule has 0 aromatic heterocycles. The predicted octanol–water partition coefficient (Wildman–Crippen LogP) is 1.99. The number of fused-ring (bicyclic) bond motifs is 1. The molecular formula is C19H21BrN2O6S2. The number of aliphatic carboxylic acids is 1. The topological polar surface area (TPSA) is 113 Å². The van der Waals surface area contributed by atoms with E-state index in [9.17, 15) is 24.3 Å². The molecule has 1 aromatic carbocycles. The van der Waals surface area contributed by atoms with Crippen molar-refractivity contribution in [3.8, 4) is 0 Å². The molecule has 2 unspecified atom stereocenters. The van der Waals surface area contributed by atoms with E-state index in [1.54, 1.807) is 45.0 Å². The van der Waals surface area contributed by atoms with E-state index in [0.717, 1.165) is 21.1 Å². The summed E-state index contributed by atoms with van der Waals surface area (Å²) in [6, 6.07) is 5.76. The van der Waals surface area contributed by atoms with Crippen LogP contribution in [0.2, 0.25) is 0 Å². The number of thiol groups is 1. The van der Waals surface area contributed by atoms with Gasteiger partial charge in [0.2, 0.25) is 11.4 Å². The van der Waals surface area contributed by atoms with Crippen LogP contribution in [-0.2, 0) is 23.9 Å². The van der Waals surface area contributed by atoms with E-state index < -0.39 is 50.7 Å². The van der Waals surface area contributed by atoms with Crippen LogP contribution in [0.3, 0.4) is 0 Å². The smallest absolute Gasteiger partial charge is 0.344 e. The second-order valence-electron chi connectivity index (χ2n) is 7.50. The number of hydrogen-bond acceptors (Lipinski definition) is 7. The molecule has 8 nitrogen and oxygen atoms in total. The molecule has 2 saturated heterocycles. The zero-order valence-corrected chi connectivity index (χ0v) is 19.7. The van der Waals surface area contributed by atoms with E-state index in [1.165, 1.54) is 0 Å². The first-order chi connectivity index (χ1) is 14.0. The summed E-state index contributed by atoms with van der Waals surface area (Å²) in [7, 11) is 0. The maximum absolute atomic E-state index is 13.1. The number of ether oxygens (including phenoxy) is 1. The van der Waals surface area contributed by atoms with E-state index in [1.807, 2.05) is 0 Å². The fourth-order valence-electron chi connectivity index (χ4n) is 3.72. The summed E-state index contributed by atoms with van der Waals surface area (Å²) in [5, 5.41) is 10.3. The van der Waals surface area contributed by atoms with Gasteiger partial charge in [0.15, 0.2) is 0 Å². The number of hydrogen-bond donors (Lipinski definition) is 3. The van der Waals surface area contributed by atoms with Crippen LogP contribution >= 0.6 is 40.3 Å². The van der Waals surface area contributed by atoms with Gasteiger partial charge >= 0.3 is 11.9 Å². The Hall–Kier alpha value is -1.72. The minimum atomic E-state index is -1.99. The summed E-state index contributed by atoms with van der Waals surface area (Å²) in [6.07, 6.45) is 0. The number of halogens is 1. The Morgan fingerprint density at radius 2 is 1.93 bits per heavy atom. The maximum Gasteiger partial charge on any atom is 0.344 e. The highest BCUT2D eigenvalue weighted by atomic mass is 79.9. The van der Waals surface area contributed by atoms with Crippen molar-refractivity contribution in [3.05, 3.63) is 34.3 Å². The van der Waals surface area contributed by atoms with Gasteiger partial charge in [0, 0.05) is 9.22 Å². The first-order valence-electron chi connectivity index (χ1n) is 9.13. The number of carbonyl (C=O) groups excluding carboxylic acids is 3. The summed E-state index contributed by atoms with van der Waals surface area (Å²) in [5.74, 6) is -3.52. The molecule has 30 heavy (non-hydrogen) atoms. The molecule has 2 aliphatic rings. The molecule has 1 aromatic rings. The highest BCUT2D eigenvalue weighted by molar-refractivity contribution is 9.10. The minimum absolute atomic E-state index is 0.00386. The number of esters is 1. The van der Waals surface area contributed by atoms with Gasteiger partial charge in [-0.15, -0.1) is 11.8 Å². The molecule has 2 N–H and O–H groups in total. The Labute approximate surface area is 191 Å². The molecule has 2 fully saturated rings. The average Bonchev–Trinajstić information content (AvgIpc) is 2.94. The Bertz CT molecular complexity index is 909. The largest absolute Gasteiger partial charge is 0.480 e. The van der Waals surface area contributed by atoms with Crippen molar-refractivity contribution in [1.82, 2.24) is 10.2 Å². The zero-order valence-electron chi connectivity index (χ0n) is 16.4. The van der Waals surface area contributed by atoms with Crippen LogP contribution in [0.1, 0.15) is 31.6 Å². The van der Waals surface area contributed by atoms with Crippen molar-refractivity contribution in [2.45, 2.75) is 47.7 Å². The lowest BCUT2D eigenvalue weighted by Gasteiger charge is -2.51. The molecule has 0 radical (unpaired) electrons. The zero-order chi connectivity index (χ0) is 22.4. The first kappa shape index (κ1) is 23.0. The summed E-state index contributed by atoms with van der Waals surface area (Å²) in [5.41, 5.74) is -1.42. The molecule has 2 amide bonds. The van der Waals surface area contributed by atoms with Crippen LogP contribution in [0, 0.1) is 0 Å². The number of benzene rings is 1. The summed E-state index contributed by atoms with van der Waals surface area (Å²) in [6.45, 7) is 4.96. The molecule has 2 heterocycles. The lowest BCUT2D eigenvalue weighted by atomic mass is 9.84. The number of thioether (sulfide) groups is 1. The Morgan fingerprint density at radius 3 is 2.47 bits per heavy atom. The summed E-state index contributed by atoms with van der Waals surface area (Å²) < 4.78 is 5.06. The van der Waals surface area contributed by atoms with Crippen LogP contribution in [0.4, 0.5) is 0 Å². The number of carbonyl (C=O) groups is 4. The highest BCUT2D eigenvalue weighted by Gasteiger charge is 2.76. The van der Waals surface area contributed by atoms with Gasteiger partial charge in [0.25, 0.3) is 5.91 Å². The van der Waals surface area contributed by atoms with Crippen molar-refractivity contribution in [1.29, 1.82) is 0 Å². The minimum Gasteiger partial charge on any atom is -0.480 e. The monoisotopic (exact) mass is 516 g/mol. The van der Waals surface area contributed by atoms with Gasteiger partial charge in [-0.3, -0.25) is 9.59 Å². The second-order valence-corrected chi connectivity index (χ2v) is 10.7. The molecule has 3 rings (SSSR count). The van der Waals surface area contributed by atoms with E-state index in [4.69, 9.17) is 4.74 Å². The number of carboxylic acid groups (broad SMARTS) is 1. The highest BCUT2D eigenvalue weighted by Crippen LogP contribution is 2.55. The first-order valence-corrected chi connectivity index (χ1v) is 11.3. The number of carboxylic acids is 1. The number of amides is 2. The fraction of sp³-hybridized carbons (Fsp3) is 0.474. The summed E-state index contributed by atoms with van der Waals surface area (Å²) >= 11 is 8.81.